The van der Waals surface area contributed by atoms with Gasteiger partial charge >= 0.3 is 0 Å². The summed E-state index contributed by atoms with van der Waals surface area (Å²) < 4.78 is 18.5. The maximum atomic E-state index is 9.84. The first-order valence-corrected chi connectivity index (χ1v) is 18.8. The van der Waals surface area contributed by atoms with E-state index < -0.39 is 0 Å². The van der Waals surface area contributed by atoms with E-state index >= 15 is 0 Å². The maximum absolute atomic E-state index is 9.84. The van der Waals surface area contributed by atoms with Crippen LogP contribution in [0.3, 0.4) is 0 Å². The molecule has 0 saturated heterocycles. The molecule has 0 spiro atoms. The molecule has 2 N–H and O–H groups in total. The average molecular weight is 711 g/mol. The Kier molecular flexibility index (Phi) is 7.44. The third-order valence-electron chi connectivity index (χ3n) is 9.89. The maximum Gasteiger partial charge on any atom is 0.145 e. The number of fused-ring (bicyclic) bond motifs is 8. The van der Waals surface area contributed by atoms with Crippen molar-refractivity contribution < 1.29 is 19.7 Å². The number of aliphatic hydroxyl groups excluding tert-OH is 2. The minimum atomic E-state index is 0.00140. The number of hydrogen-bond donors (Lipinski definition) is 2. The van der Waals surface area contributed by atoms with Gasteiger partial charge in [0, 0.05) is 42.1 Å². The lowest BCUT2D eigenvalue weighted by Gasteiger charge is -2.20. The minimum Gasteiger partial charge on any atom is -0.455 e. The number of rotatable bonds is 7. The first kappa shape index (κ1) is 31.0. The average Bonchev–Trinajstić information content (AvgIpc) is 3.77. The van der Waals surface area contributed by atoms with Crippen LogP contribution in [-0.2, 0) is 13.2 Å². The van der Waals surface area contributed by atoms with Gasteiger partial charge in [0.15, 0.2) is 0 Å². The van der Waals surface area contributed by atoms with Gasteiger partial charge in [-0.15, -0.1) is 22.7 Å². The van der Waals surface area contributed by atoms with Crippen LogP contribution in [0.15, 0.2) is 146 Å². The molecule has 0 atom stereocenters. The normalized spacial score (nSPS) is 11.8. The summed E-state index contributed by atoms with van der Waals surface area (Å²) in [5.74, 6) is 3.02. The fraction of sp³-hybridized carbons (Fsp3) is 0.0435. The van der Waals surface area contributed by atoms with Crippen molar-refractivity contribution >= 4 is 84.6 Å². The molecule has 0 radical (unpaired) electrons. The molecule has 0 aliphatic carbocycles. The third kappa shape index (κ3) is 5.03. The van der Waals surface area contributed by atoms with Gasteiger partial charge in [-0.1, -0.05) is 97.1 Å². The highest BCUT2D eigenvalue weighted by atomic mass is 32.1. The van der Waals surface area contributed by atoms with Crippen molar-refractivity contribution in [1.82, 2.24) is 0 Å². The number of thiophene rings is 2. The molecule has 0 saturated carbocycles. The molecular formula is C46H30O4S2. The second-order valence-electron chi connectivity index (χ2n) is 13.0. The van der Waals surface area contributed by atoms with Gasteiger partial charge in [-0.25, -0.2) is 0 Å². The van der Waals surface area contributed by atoms with Crippen LogP contribution in [0.1, 0.15) is 11.1 Å². The lowest BCUT2D eigenvalue weighted by atomic mass is 9.92. The molecule has 0 fully saturated rings. The molecule has 0 unspecified atom stereocenters. The first-order chi connectivity index (χ1) is 25.7. The van der Waals surface area contributed by atoms with E-state index in [2.05, 4.69) is 109 Å². The molecular weight excluding hydrogens is 681 g/mol. The predicted molar refractivity (Wildman–Crippen MR) is 218 cm³/mol. The first-order valence-electron chi connectivity index (χ1n) is 17.2. The lowest BCUT2D eigenvalue weighted by molar-refractivity contribution is 0.282. The van der Waals surface area contributed by atoms with Crippen molar-refractivity contribution in [3.63, 3.8) is 0 Å². The van der Waals surface area contributed by atoms with Gasteiger partial charge < -0.3 is 19.7 Å². The molecule has 250 valence electrons. The number of hydrogen-bond acceptors (Lipinski definition) is 6. The fourth-order valence-corrected chi connectivity index (χ4v) is 9.69. The predicted octanol–water partition coefficient (Wildman–Crippen LogP) is 13.0. The summed E-state index contributed by atoms with van der Waals surface area (Å²) in [4.78, 5) is 0. The number of benzene rings is 8. The summed E-state index contributed by atoms with van der Waals surface area (Å²) in [5.41, 5.74) is 3.70. The van der Waals surface area contributed by atoms with Gasteiger partial charge in [0.25, 0.3) is 0 Å². The molecule has 8 aromatic carbocycles. The zero-order chi connectivity index (χ0) is 34.8. The fourth-order valence-electron chi connectivity index (χ4n) is 7.42. The molecule has 0 amide bonds. The molecule has 2 heterocycles. The highest BCUT2D eigenvalue weighted by Crippen LogP contribution is 2.50. The Bertz CT molecular complexity index is 2810. The highest BCUT2D eigenvalue weighted by molar-refractivity contribution is 7.26. The zero-order valence-electron chi connectivity index (χ0n) is 27.8. The van der Waals surface area contributed by atoms with Gasteiger partial charge in [-0.2, -0.15) is 0 Å². The zero-order valence-corrected chi connectivity index (χ0v) is 29.4. The number of aliphatic hydroxyl groups is 2. The largest absolute Gasteiger partial charge is 0.455 e. The molecule has 0 bridgehead atoms. The van der Waals surface area contributed by atoms with Crippen LogP contribution in [0.4, 0.5) is 0 Å². The van der Waals surface area contributed by atoms with E-state index in [-0.39, 0.29) is 13.2 Å². The molecule has 52 heavy (non-hydrogen) atoms. The van der Waals surface area contributed by atoms with Crippen LogP contribution in [-0.4, -0.2) is 10.2 Å². The SMILES string of the molecule is OCc1ccc2sc3c(Oc4ccc5ccccc5c4-c4c(Oc5cccc6c5sc5ccc(CO)cc56)ccc5ccccc45)cccc3c2c1. The van der Waals surface area contributed by atoms with Gasteiger partial charge in [0.2, 0.25) is 0 Å². The Hall–Kier alpha value is -5.76. The summed E-state index contributed by atoms with van der Waals surface area (Å²) in [5, 5.41) is 28.4. The minimum absolute atomic E-state index is 0.00140. The van der Waals surface area contributed by atoms with E-state index in [1.165, 1.54) is 0 Å². The Labute approximate surface area is 307 Å². The van der Waals surface area contributed by atoms with Crippen molar-refractivity contribution in [1.29, 1.82) is 0 Å². The quantitative estimate of drug-likeness (QED) is 0.173. The Morgan fingerprint density at radius 3 is 1.29 bits per heavy atom. The highest BCUT2D eigenvalue weighted by Gasteiger charge is 2.22. The molecule has 10 rings (SSSR count). The van der Waals surface area contributed by atoms with Crippen molar-refractivity contribution in [2.24, 2.45) is 0 Å². The molecule has 0 aliphatic heterocycles. The summed E-state index contributed by atoms with van der Waals surface area (Å²) in [7, 11) is 0. The van der Waals surface area contributed by atoms with Crippen molar-refractivity contribution in [2.45, 2.75) is 13.2 Å². The van der Waals surface area contributed by atoms with Crippen LogP contribution in [0.25, 0.3) is 73.0 Å². The van der Waals surface area contributed by atoms with E-state index in [1.54, 1.807) is 22.7 Å². The van der Waals surface area contributed by atoms with E-state index in [0.29, 0.717) is 0 Å². The van der Waals surface area contributed by atoms with E-state index in [4.69, 9.17) is 9.47 Å². The van der Waals surface area contributed by atoms with Crippen LogP contribution in [0, 0.1) is 0 Å². The molecule has 4 nitrogen and oxygen atoms in total. The van der Waals surface area contributed by atoms with Gasteiger partial charge in [-0.05, 0) is 81.2 Å². The number of ether oxygens (including phenoxy) is 2. The monoisotopic (exact) mass is 710 g/mol. The van der Waals surface area contributed by atoms with Crippen LogP contribution in [0.2, 0.25) is 0 Å². The third-order valence-corrected chi connectivity index (χ3v) is 12.3. The second-order valence-corrected chi connectivity index (χ2v) is 15.1. The van der Waals surface area contributed by atoms with Crippen molar-refractivity contribution in [3.8, 4) is 34.1 Å². The summed E-state index contributed by atoms with van der Waals surface area (Å²) in [6, 6.07) is 49.9. The molecule has 2 aromatic heterocycles. The van der Waals surface area contributed by atoms with Gasteiger partial charge in [-0.3, -0.25) is 0 Å². The summed E-state index contributed by atoms with van der Waals surface area (Å²) in [6.45, 7) is 0.00280. The van der Waals surface area contributed by atoms with E-state index in [0.717, 1.165) is 107 Å². The molecule has 10 aromatic rings. The smallest absolute Gasteiger partial charge is 0.145 e. The summed E-state index contributed by atoms with van der Waals surface area (Å²) in [6.07, 6.45) is 0. The van der Waals surface area contributed by atoms with E-state index in [1.807, 2.05) is 36.4 Å². The van der Waals surface area contributed by atoms with Crippen LogP contribution in [0.5, 0.6) is 23.0 Å². The van der Waals surface area contributed by atoms with Crippen LogP contribution >= 0.6 is 22.7 Å². The lowest BCUT2D eigenvalue weighted by Crippen LogP contribution is -1.95. The summed E-state index contributed by atoms with van der Waals surface area (Å²) >= 11 is 3.40. The van der Waals surface area contributed by atoms with Gasteiger partial charge in [0.05, 0.1) is 22.6 Å². The van der Waals surface area contributed by atoms with Crippen molar-refractivity contribution in [2.75, 3.05) is 0 Å². The van der Waals surface area contributed by atoms with E-state index in [9.17, 15) is 10.2 Å². The molecule has 0 aliphatic rings. The Balaban J connectivity index is 1.19. The second kappa shape index (κ2) is 12.5. The van der Waals surface area contributed by atoms with Gasteiger partial charge in [0.1, 0.15) is 23.0 Å². The topological polar surface area (TPSA) is 58.9 Å². The van der Waals surface area contributed by atoms with Crippen molar-refractivity contribution in [3.05, 3.63) is 157 Å². The Morgan fingerprint density at radius 1 is 0.385 bits per heavy atom. The molecule has 6 heteroatoms. The van der Waals surface area contributed by atoms with Crippen LogP contribution < -0.4 is 9.47 Å². The Morgan fingerprint density at radius 2 is 0.827 bits per heavy atom. The standard InChI is InChI=1S/C46H30O4S2/c47-25-27-15-21-41-35(23-27)33-11-5-13-39(45(33)51-41)49-37-19-17-29-7-1-3-9-31(29)43(37)44-32-10-4-2-8-30(32)18-20-38(44)50-40-14-6-12-34-36-24-28(26-48)16-22-42(36)52-46(34)40/h1-24,47-48H,25-26H2.